The van der Waals surface area contributed by atoms with Crippen molar-refractivity contribution in [3.05, 3.63) is 59.5 Å². The van der Waals surface area contributed by atoms with E-state index in [0.29, 0.717) is 37.4 Å². The molecule has 3 amide bonds. The molecular weight excluding hydrogens is 452 g/mol. The molecule has 0 bridgehead atoms. The minimum Gasteiger partial charge on any atom is -0.459 e. The molecule has 1 fully saturated rings. The van der Waals surface area contributed by atoms with E-state index >= 15 is 0 Å². The fraction of sp³-hybridized carbons (Fsp3) is 0.381. The van der Waals surface area contributed by atoms with Gasteiger partial charge in [0.05, 0.1) is 38.3 Å². The Labute approximate surface area is 191 Å². The first-order chi connectivity index (χ1) is 15.8. The zero-order chi connectivity index (χ0) is 23.7. The van der Waals surface area contributed by atoms with Gasteiger partial charge in [0.25, 0.3) is 5.91 Å². The van der Waals surface area contributed by atoms with Crippen LogP contribution in [0.25, 0.3) is 0 Å². The van der Waals surface area contributed by atoms with Gasteiger partial charge in [-0.3, -0.25) is 14.4 Å². The minimum absolute atomic E-state index is 0.0786. The zero-order valence-electron chi connectivity index (χ0n) is 17.9. The van der Waals surface area contributed by atoms with E-state index in [1.807, 2.05) is 0 Å². The van der Waals surface area contributed by atoms with Gasteiger partial charge in [-0.1, -0.05) is 24.3 Å². The van der Waals surface area contributed by atoms with Crippen molar-refractivity contribution in [3.63, 3.8) is 0 Å². The number of nitrogens with one attached hydrogen (secondary N) is 3. The maximum atomic E-state index is 12.7. The number of hydrogen-bond acceptors (Lipinski definition) is 7. The molecule has 11 nitrogen and oxygen atoms in total. The average Bonchev–Trinajstić information content (AvgIpc) is 3.36. The van der Waals surface area contributed by atoms with Crippen LogP contribution in [0.15, 0.2) is 47.1 Å². The molecule has 3 rings (SSSR count). The van der Waals surface area contributed by atoms with E-state index in [1.54, 1.807) is 30.3 Å². The lowest BCUT2D eigenvalue weighted by molar-refractivity contribution is -0.125. The van der Waals surface area contributed by atoms with Crippen molar-refractivity contribution in [2.24, 2.45) is 0 Å². The van der Waals surface area contributed by atoms with Crippen molar-refractivity contribution in [3.8, 4) is 0 Å². The summed E-state index contributed by atoms with van der Waals surface area (Å²) in [5.74, 6) is -1.63. The molecule has 0 aliphatic carbocycles. The monoisotopic (exact) mass is 478 g/mol. The van der Waals surface area contributed by atoms with Crippen LogP contribution in [-0.4, -0.2) is 69.8 Å². The highest BCUT2D eigenvalue weighted by Crippen LogP contribution is 2.16. The van der Waals surface area contributed by atoms with Crippen LogP contribution in [-0.2, 0) is 36.6 Å². The largest absolute Gasteiger partial charge is 0.459 e. The van der Waals surface area contributed by atoms with Gasteiger partial charge in [-0.25, -0.2) is 8.42 Å². The Morgan fingerprint density at radius 1 is 0.879 bits per heavy atom. The Balaban J connectivity index is 1.44. The predicted molar refractivity (Wildman–Crippen MR) is 117 cm³/mol. The van der Waals surface area contributed by atoms with Gasteiger partial charge in [0.2, 0.25) is 21.8 Å². The third-order valence-electron chi connectivity index (χ3n) is 4.90. The van der Waals surface area contributed by atoms with E-state index in [9.17, 15) is 22.8 Å². The lowest BCUT2D eigenvalue weighted by Crippen LogP contribution is -2.42. The summed E-state index contributed by atoms with van der Waals surface area (Å²) in [6, 6.07) is 9.97. The molecule has 33 heavy (non-hydrogen) atoms. The van der Waals surface area contributed by atoms with E-state index in [0.717, 1.165) is 0 Å². The van der Waals surface area contributed by atoms with Gasteiger partial charge in [0.1, 0.15) is 0 Å². The van der Waals surface area contributed by atoms with Crippen LogP contribution in [0.2, 0.25) is 0 Å². The van der Waals surface area contributed by atoms with Gasteiger partial charge in [0, 0.05) is 19.6 Å². The van der Waals surface area contributed by atoms with Crippen LogP contribution in [0.4, 0.5) is 0 Å². The number of nitrogens with zero attached hydrogens (tertiary/aromatic N) is 1. The highest BCUT2D eigenvalue weighted by Gasteiger charge is 2.25. The molecule has 2 heterocycles. The molecule has 0 unspecified atom stereocenters. The molecule has 1 saturated heterocycles. The molecule has 0 atom stereocenters. The minimum atomic E-state index is -3.51. The number of ether oxygens (including phenoxy) is 1. The van der Waals surface area contributed by atoms with Gasteiger partial charge in [-0.2, -0.15) is 4.31 Å². The molecule has 0 radical (unpaired) electrons. The van der Waals surface area contributed by atoms with Gasteiger partial charge < -0.3 is 25.1 Å². The van der Waals surface area contributed by atoms with Crippen molar-refractivity contribution >= 4 is 27.7 Å². The summed E-state index contributed by atoms with van der Waals surface area (Å²) in [6.07, 6.45) is 1.34. The Morgan fingerprint density at radius 3 is 2.24 bits per heavy atom. The molecule has 1 aliphatic heterocycles. The zero-order valence-corrected chi connectivity index (χ0v) is 18.7. The van der Waals surface area contributed by atoms with Crippen LogP contribution in [0.3, 0.4) is 0 Å². The normalized spacial score (nSPS) is 14.4. The number of carbonyl (C=O) groups excluding carboxylic acids is 3. The number of furan rings is 1. The molecule has 12 heteroatoms. The van der Waals surface area contributed by atoms with Crippen molar-refractivity contribution in [2.75, 3.05) is 39.4 Å². The first-order valence-electron chi connectivity index (χ1n) is 10.3. The highest BCUT2D eigenvalue weighted by atomic mass is 32.2. The maximum Gasteiger partial charge on any atom is 0.287 e. The van der Waals surface area contributed by atoms with Gasteiger partial charge in [-0.05, 0) is 23.3 Å². The second-order valence-corrected chi connectivity index (χ2v) is 9.22. The summed E-state index contributed by atoms with van der Waals surface area (Å²) in [4.78, 5) is 35.7. The summed E-state index contributed by atoms with van der Waals surface area (Å²) in [5, 5.41) is 7.44. The van der Waals surface area contributed by atoms with Gasteiger partial charge >= 0.3 is 0 Å². The number of hydrogen-bond donors (Lipinski definition) is 3. The second kappa shape index (κ2) is 11.6. The van der Waals surface area contributed by atoms with Crippen LogP contribution in [0.1, 0.15) is 21.7 Å². The Hall–Kier alpha value is -3.22. The first kappa shape index (κ1) is 24.4. The molecular formula is C21H26N4O7S. The summed E-state index contributed by atoms with van der Waals surface area (Å²) in [7, 11) is -3.51. The van der Waals surface area contributed by atoms with E-state index < -0.39 is 27.7 Å². The van der Waals surface area contributed by atoms with E-state index in [-0.39, 0.29) is 31.1 Å². The summed E-state index contributed by atoms with van der Waals surface area (Å²) in [5.41, 5.74) is 1.26. The second-order valence-electron chi connectivity index (χ2n) is 7.25. The van der Waals surface area contributed by atoms with Crippen molar-refractivity contribution in [2.45, 2.75) is 12.3 Å². The van der Waals surface area contributed by atoms with Crippen LogP contribution >= 0.6 is 0 Å². The average molecular weight is 479 g/mol. The molecule has 1 aliphatic rings. The fourth-order valence-electron chi connectivity index (χ4n) is 3.14. The van der Waals surface area contributed by atoms with E-state index in [1.165, 1.54) is 16.6 Å². The summed E-state index contributed by atoms with van der Waals surface area (Å²) < 4.78 is 37.0. The van der Waals surface area contributed by atoms with Crippen molar-refractivity contribution < 1.29 is 32.0 Å². The topological polar surface area (TPSA) is 147 Å². The Morgan fingerprint density at radius 2 is 1.55 bits per heavy atom. The van der Waals surface area contributed by atoms with Crippen molar-refractivity contribution in [1.29, 1.82) is 0 Å². The summed E-state index contributed by atoms with van der Waals surface area (Å²) in [6.45, 7) is 0.896. The smallest absolute Gasteiger partial charge is 0.287 e. The number of carbonyl (C=O) groups is 3. The van der Waals surface area contributed by atoms with Crippen molar-refractivity contribution in [1.82, 2.24) is 20.3 Å². The summed E-state index contributed by atoms with van der Waals surface area (Å²) >= 11 is 0. The van der Waals surface area contributed by atoms with E-state index in [4.69, 9.17) is 9.15 Å². The quantitative estimate of drug-likeness (QED) is 0.421. The lowest BCUT2D eigenvalue weighted by Gasteiger charge is -2.26. The number of benzene rings is 1. The molecule has 0 saturated carbocycles. The Kier molecular flexibility index (Phi) is 8.58. The van der Waals surface area contributed by atoms with E-state index in [2.05, 4.69) is 16.0 Å². The molecule has 178 valence electrons. The highest BCUT2D eigenvalue weighted by molar-refractivity contribution is 7.88. The predicted octanol–water partition coefficient (Wildman–Crippen LogP) is -0.396. The third-order valence-corrected chi connectivity index (χ3v) is 6.72. The van der Waals surface area contributed by atoms with Gasteiger partial charge in [0.15, 0.2) is 5.76 Å². The molecule has 3 N–H and O–H groups in total. The molecule has 2 aromatic rings. The standard InChI is InChI=1S/C21H26N4O7S/c26-19(13-23-20(27)14-24-21(28)18-6-3-9-32-18)22-12-16-4-1-2-5-17(16)15-33(29,30)25-7-10-31-11-8-25/h1-6,9H,7-8,10-15H2,(H,22,26)(H,23,27)(H,24,28). The van der Waals surface area contributed by atoms with Crippen LogP contribution in [0, 0.1) is 0 Å². The molecule has 0 spiro atoms. The number of sulfonamides is 1. The Bertz CT molecular complexity index is 1060. The lowest BCUT2D eigenvalue weighted by atomic mass is 10.1. The third kappa shape index (κ3) is 7.41. The fourth-order valence-corrected chi connectivity index (χ4v) is 4.70. The molecule has 1 aromatic carbocycles. The number of morpholine rings is 1. The number of amides is 3. The first-order valence-corrected chi connectivity index (χ1v) is 11.9. The van der Waals surface area contributed by atoms with Crippen LogP contribution < -0.4 is 16.0 Å². The van der Waals surface area contributed by atoms with Gasteiger partial charge in [-0.15, -0.1) is 0 Å². The maximum absolute atomic E-state index is 12.7. The van der Waals surface area contributed by atoms with Crippen LogP contribution in [0.5, 0.6) is 0 Å². The SMILES string of the molecule is O=C(CNC(=O)CNC(=O)c1ccco1)NCc1ccccc1CS(=O)(=O)N1CCOCC1. The molecule has 1 aromatic heterocycles. The number of rotatable bonds is 10.